The third-order valence-electron chi connectivity index (χ3n) is 2.82. The molecule has 2 rings (SSSR count). The van der Waals surface area contributed by atoms with Crippen LogP contribution < -0.4 is 0 Å². The Kier molecular flexibility index (Phi) is 4.38. The van der Waals surface area contributed by atoms with Crippen LogP contribution in [-0.2, 0) is 24.3 Å². The van der Waals surface area contributed by atoms with E-state index in [2.05, 4.69) is 12.1 Å². The fourth-order valence-corrected chi connectivity index (χ4v) is 1.65. The SMILES string of the molecule is CC(=O)C(C)c1ccc2c[c-]ccc2c1.[Rh]. The zero-order valence-corrected chi connectivity index (χ0v) is 10.9. The average molecular weight is 300 g/mol. The predicted octanol–water partition coefficient (Wildman–Crippen LogP) is 3.33. The van der Waals surface area contributed by atoms with E-state index in [0.717, 1.165) is 10.9 Å². The molecule has 1 atom stereocenters. The number of hydrogen-bond acceptors (Lipinski definition) is 1. The Morgan fingerprint density at radius 1 is 1.25 bits per heavy atom. The fraction of sp³-hybridized carbons (Fsp3) is 0.214. The van der Waals surface area contributed by atoms with Crippen molar-refractivity contribution >= 4 is 16.6 Å². The van der Waals surface area contributed by atoms with Crippen LogP contribution in [-0.4, -0.2) is 5.78 Å². The molecule has 2 aromatic carbocycles. The third-order valence-corrected chi connectivity index (χ3v) is 2.82. The van der Waals surface area contributed by atoms with E-state index in [1.807, 2.05) is 37.3 Å². The molecule has 1 unspecified atom stereocenters. The second-order valence-corrected chi connectivity index (χ2v) is 3.87. The van der Waals surface area contributed by atoms with Gasteiger partial charge < -0.3 is 0 Å². The summed E-state index contributed by atoms with van der Waals surface area (Å²) in [6.45, 7) is 3.58. The van der Waals surface area contributed by atoms with Crippen molar-refractivity contribution in [2.75, 3.05) is 0 Å². The van der Waals surface area contributed by atoms with Crippen molar-refractivity contribution in [1.82, 2.24) is 0 Å². The van der Waals surface area contributed by atoms with Gasteiger partial charge in [-0.2, -0.15) is 24.3 Å². The Labute approximate surface area is 109 Å². The van der Waals surface area contributed by atoms with Gasteiger partial charge in [0.05, 0.1) is 0 Å². The Hall–Kier alpha value is -1.01. The normalized spacial score (nSPS) is 11.9. The maximum atomic E-state index is 11.3. The van der Waals surface area contributed by atoms with Gasteiger partial charge in [0.15, 0.2) is 0 Å². The van der Waals surface area contributed by atoms with Crippen LogP contribution in [0.3, 0.4) is 0 Å². The smallest absolute Gasteiger partial charge is 0.136 e. The molecule has 0 saturated carbocycles. The van der Waals surface area contributed by atoms with Crippen molar-refractivity contribution in [1.29, 1.82) is 0 Å². The van der Waals surface area contributed by atoms with Crippen molar-refractivity contribution in [2.24, 2.45) is 0 Å². The second-order valence-electron chi connectivity index (χ2n) is 3.87. The molecule has 0 aliphatic rings. The Bertz CT molecular complexity index is 505. The van der Waals surface area contributed by atoms with E-state index in [1.165, 1.54) is 5.39 Å². The van der Waals surface area contributed by atoms with E-state index in [1.54, 1.807) is 6.92 Å². The molecule has 0 bridgehead atoms. The number of rotatable bonds is 2. The van der Waals surface area contributed by atoms with E-state index < -0.39 is 0 Å². The van der Waals surface area contributed by atoms with E-state index in [4.69, 9.17) is 0 Å². The summed E-state index contributed by atoms with van der Waals surface area (Å²) in [5, 5.41) is 2.33. The third kappa shape index (κ3) is 2.57. The maximum Gasteiger partial charge on any atom is 0.136 e. The standard InChI is InChI=1S/C14H13O.Rh/c1-10(11(2)15)13-8-7-12-5-3-4-6-14(12)9-13;/h4-10H,1-2H3;/q-1;. The van der Waals surface area contributed by atoms with Crippen LogP contribution >= 0.6 is 0 Å². The predicted molar refractivity (Wildman–Crippen MR) is 61.9 cm³/mol. The summed E-state index contributed by atoms with van der Waals surface area (Å²) in [6, 6.07) is 15.0. The molecule has 1 nitrogen and oxygen atoms in total. The quantitative estimate of drug-likeness (QED) is 0.614. The molecular weight excluding hydrogens is 287 g/mol. The van der Waals surface area contributed by atoms with Crippen LogP contribution in [0, 0.1) is 6.07 Å². The minimum Gasteiger partial charge on any atom is -0.299 e. The van der Waals surface area contributed by atoms with Gasteiger partial charge in [0.25, 0.3) is 0 Å². The number of ketones is 1. The molecule has 0 heterocycles. The molecule has 0 amide bonds. The zero-order chi connectivity index (χ0) is 10.8. The summed E-state index contributed by atoms with van der Waals surface area (Å²) in [7, 11) is 0. The molecule has 0 fully saturated rings. The van der Waals surface area contributed by atoms with Gasteiger partial charge in [0.2, 0.25) is 0 Å². The molecule has 0 N–H and O–H groups in total. The van der Waals surface area contributed by atoms with E-state index in [-0.39, 0.29) is 31.2 Å². The summed E-state index contributed by atoms with van der Waals surface area (Å²) in [6.07, 6.45) is 0. The first kappa shape index (κ1) is 13.1. The van der Waals surface area contributed by atoms with Gasteiger partial charge in [-0.15, -0.1) is 16.8 Å². The van der Waals surface area contributed by atoms with E-state index in [9.17, 15) is 4.79 Å². The second kappa shape index (κ2) is 5.36. The monoisotopic (exact) mass is 300 g/mol. The first-order valence-electron chi connectivity index (χ1n) is 5.08. The molecule has 0 aliphatic carbocycles. The van der Waals surface area contributed by atoms with Crippen molar-refractivity contribution in [2.45, 2.75) is 19.8 Å². The zero-order valence-electron chi connectivity index (χ0n) is 9.28. The molecule has 0 saturated heterocycles. The number of benzene rings is 2. The molecule has 0 aliphatic heterocycles. The van der Waals surface area contributed by atoms with Crippen molar-refractivity contribution < 1.29 is 24.3 Å². The number of Topliss-reactive ketones (excluding diaryl/α,β-unsaturated/α-hetero) is 1. The fourth-order valence-electron chi connectivity index (χ4n) is 1.65. The molecule has 1 radical (unpaired) electrons. The van der Waals surface area contributed by atoms with Gasteiger partial charge in [-0.3, -0.25) is 4.79 Å². The summed E-state index contributed by atoms with van der Waals surface area (Å²) < 4.78 is 0. The molecule has 85 valence electrons. The van der Waals surface area contributed by atoms with Crippen LogP contribution in [0.4, 0.5) is 0 Å². The van der Waals surface area contributed by atoms with Crippen molar-refractivity contribution in [3.8, 4) is 0 Å². The Morgan fingerprint density at radius 3 is 2.69 bits per heavy atom. The van der Waals surface area contributed by atoms with Gasteiger partial charge in [-0.1, -0.05) is 19.1 Å². The first-order valence-corrected chi connectivity index (χ1v) is 5.08. The maximum absolute atomic E-state index is 11.3. The summed E-state index contributed by atoms with van der Waals surface area (Å²) >= 11 is 0. The minimum absolute atomic E-state index is 0. The van der Waals surface area contributed by atoms with Gasteiger partial charge in [0, 0.05) is 25.4 Å². The molecule has 2 heteroatoms. The van der Waals surface area contributed by atoms with Crippen LogP contribution in [0.1, 0.15) is 25.3 Å². The van der Waals surface area contributed by atoms with Gasteiger partial charge in [0.1, 0.15) is 5.78 Å². The minimum atomic E-state index is -0.0152. The van der Waals surface area contributed by atoms with E-state index in [0.29, 0.717) is 0 Å². The Morgan fingerprint density at radius 2 is 2.00 bits per heavy atom. The van der Waals surface area contributed by atoms with Crippen LogP contribution in [0.2, 0.25) is 0 Å². The van der Waals surface area contributed by atoms with Crippen molar-refractivity contribution in [3.63, 3.8) is 0 Å². The van der Waals surface area contributed by atoms with Crippen LogP contribution in [0.5, 0.6) is 0 Å². The number of carbonyl (C=O) groups excluding carboxylic acids is 1. The first-order chi connectivity index (χ1) is 7.18. The van der Waals surface area contributed by atoms with E-state index >= 15 is 0 Å². The molecule has 16 heavy (non-hydrogen) atoms. The molecule has 0 aromatic heterocycles. The average Bonchev–Trinajstić information content (AvgIpc) is 2.27. The number of fused-ring (bicyclic) bond motifs is 1. The number of carbonyl (C=O) groups is 1. The van der Waals surface area contributed by atoms with Gasteiger partial charge >= 0.3 is 0 Å². The largest absolute Gasteiger partial charge is 0.299 e. The Balaban J connectivity index is 0.00000128. The van der Waals surface area contributed by atoms with Gasteiger partial charge in [-0.05, 0) is 12.5 Å². The van der Waals surface area contributed by atoms with Crippen LogP contribution in [0.25, 0.3) is 10.8 Å². The van der Waals surface area contributed by atoms with Crippen molar-refractivity contribution in [3.05, 3.63) is 48.0 Å². The summed E-state index contributed by atoms with van der Waals surface area (Å²) in [4.78, 5) is 11.3. The van der Waals surface area contributed by atoms with Gasteiger partial charge in [-0.25, -0.2) is 0 Å². The molecular formula is C14H13ORh-. The number of hydrogen-bond donors (Lipinski definition) is 0. The van der Waals surface area contributed by atoms with Crippen LogP contribution in [0.15, 0.2) is 36.4 Å². The summed E-state index contributed by atoms with van der Waals surface area (Å²) in [5.41, 5.74) is 1.08. The topological polar surface area (TPSA) is 17.1 Å². The molecule has 0 spiro atoms. The molecule has 2 aromatic rings. The summed E-state index contributed by atoms with van der Waals surface area (Å²) in [5.74, 6) is 0.190.